The van der Waals surface area contributed by atoms with E-state index < -0.39 is 5.97 Å². The van der Waals surface area contributed by atoms with Crippen LogP contribution in [0.1, 0.15) is 19.3 Å². The van der Waals surface area contributed by atoms with Crippen molar-refractivity contribution in [2.75, 3.05) is 72.5 Å². The first kappa shape index (κ1) is 19.3. The molecule has 1 aliphatic rings. The Morgan fingerprint density at radius 3 is 1.82 bits per heavy atom. The number of likely N-dealkylation sites (tertiary alicyclic amines) is 1. The maximum atomic E-state index is 10.2. The van der Waals surface area contributed by atoms with Gasteiger partial charge in [-0.05, 0) is 25.9 Å². The van der Waals surface area contributed by atoms with Crippen molar-refractivity contribution in [1.29, 1.82) is 0 Å². The van der Waals surface area contributed by atoms with Crippen LogP contribution in [0, 0.1) is 0 Å². The first-order valence-corrected chi connectivity index (χ1v) is 8.04. The van der Waals surface area contributed by atoms with Crippen molar-refractivity contribution in [3.63, 3.8) is 0 Å². The molecule has 0 spiro atoms. The molecule has 0 radical (unpaired) electrons. The molecule has 7 nitrogen and oxygen atoms in total. The minimum absolute atomic E-state index is 0.283. The Hall–Kier alpha value is -0.730. The third-order valence-corrected chi connectivity index (χ3v) is 3.34. The molecule has 1 aliphatic heterocycles. The summed E-state index contributed by atoms with van der Waals surface area (Å²) in [6.07, 6.45) is 3.98. The van der Waals surface area contributed by atoms with Gasteiger partial charge in [-0.25, -0.2) is 4.79 Å². The molecule has 0 aromatic rings. The number of piperidine rings is 1. The van der Waals surface area contributed by atoms with Crippen LogP contribution in [0.4, 0.5) is 0 Å². The predicted molar refractivity (Wildman–Crippen MR) is 81.2 cm³/mol. The van der Waals surface area contributed by atoms with Crippen molar-refractivity contribution in [1.82, 2.24) is 4.90 Å². The number of carboxylic acid groups (broad SMARTS) is 1. The SMILES string of the molecule is O=C(O)COCCOCCOCCOCCN1CCCCC1. The van der Waals surface area contributed by atoms with E-state index in [0.717, 1.165) is 13.2 Å². The highest BCUT2D eigenvalue weighted by atomic mass is 16.6. The summed E-state index contributed by atoms with van der Waals surface area (Å²) >= 11 is 0. The zero-order valence-electron chi connectivity index (χ0n) is 13.3. The highest BCUT2D eigenvalue weighted by molar-refractivity contribution is 5.67. The van der Waals surface area contributed by atoms with Crippen molar-refractivity contribution in [2.45, 2.75) is 19.3 Å². The second-order valence-electron chi connectivity index (χ2n) is 5.19. The van der Waals surface area contributed by atoms with E-state index >= 15 is 0 Å². The Balaban J connectivity index is 1.70. The number of carboxylic acids is 1. The molecule has 0 saturated carbocycles. The number of hydrogen-bond acceptors (Lipinski definition) is 6. The van der Waals surface area contributed by atoms with E-state index in [1.165, 1.54) is 32.4 Å². The van der Waals surface area contributed by atoms with Crippen LogP contribution in [0.15, 0.2) is 0 Å². The second kappa shape index (κ2) is 13.9. The second-order valence-corrected chi connectivity index (χ2v) is 5.19. The zero-order valence-corrected chi connectivity index (χ0v) is 13.3. The van der Waals surface area contributed by atoms with Crippen molar-refractivity contribution < 1.29 is 28.8 Å². The van der Waals surface area contributed by atoms with E-state index in [0.29, 0.717) is 33.0 Å². The van der Waals surface area contributed by atoms with Crippen molar-refractivity contribution in [3.8, 4) is 0 Å². The Morgan fingerprint density at radius 1 is 0.773 bits per heavy atom. The summed E-state index contributed by atoms with van der Waals surface area (Å²) in [5.41, 5.74) is 0. The lowest BCUT2D eigenvalue weighted by molar-refractivity contribution is -0.142. The van der Waals surface area contributed by atoms with E-state index in [1.807, 2.05) is 0 Å². The Bertz CT molecular complexity index is 271. The zero-order chi connectivity index (χ0) is 15.9. The van der Waals surface area contributed by atoms with Crippen LogP contribution < -0.4 is 0 Å². The topological polar surface area (TPSA) is 77.5 Å². The smallest absolute Gasteiger partial charge is 0.329 e. The van der Waals surface area contributed by atoms with E-state index in [1.54, 1.807) is 0 Å². The summed E-state index contributed by atoms with van der Waals surface area (Å²) in [5, 5.41) is 8.35. The minimum Gasteiger partial charge on any atom is -0.480 e. The minimum atomic E-state index is -0.969. The van der Waals surface area contributed by atoms with Gasteiger partial charge in [0.25, 0.3) is 0 Å². The van der Waals surface area contributed by atoms with Gasteiger partial charge in [0.2, 0.25) is 0 Å². The molecule has 0 aliphatic carbocycles. The summed E-state index contributed by atoms with van der Waals surface area (Å²) < 4.78 is 21.0. The fourth-order valence-electron chi connectivity index (χ4n) is 2.20. The molecular weight excluding hydrogens is 290 g/mol. The summed E-state index contributed by atoms with van der Waals surface area (Å²) in [5.74, 6) is -0.969. The van der Waals surface area contributed by atoms with Gasteiger partial charge in [0.1, 0.15) is 6.61 Å². The standard InChI is InChI=1S/C15H29NO6/c17-15(18)14-22-13-12-21-11-10-20-9-8-19-7-6-16-4-2-1-3-5-16/h1-14H2,(H,17,18). The largest absolute Gasteiger partial charge is 0.480 e. The number of aliphatic carboxylic acids is 1. The quantitative estimate of drug-likeness (QED) is 0.470. The van der Waals surface area contributed by atoms with Crippen LogP contribution in [0.3, 0.4) is 0 Å². The number of rotatable bonds is 14. The molecule has 1 saturated heterocycles. The lowest BCUT2D eigenvalue weighted by Gasteiger charge is -2.26. The van der Waals surface area contributed by atoms with E-state index in [2.05, 4.69) is 4.90 Å². The highest BCUT2D eigenvalue weighted by Crippen LogP contribution is 2.07. The van der Waals surface area contributed by atoms with Crippen molar-refractivity contribution >= 4 is 5.97 Å². The lowest BCUT2D eigenvalue weighted by Crippen LogP contribution is -2.32. The van der Waals surface area contributed by atoms with E-state index in [4.69, 9.17) is 24.1 Å². The third-order valence-electron chi connectivity index (χ3n) is 3.34. The van der Waals surface area contributed by atoms with Gasteiger partial charge in [-0.15, -0.1) is 0 Å². The molecule has 0 bridgehead atoms. The highest BCUT2D eigenvalue weighted by Gasteiger charge is 2.08. The molecule has 22 heavy (non-hydrogen) atoms. The Labute approximate surface area is 132 Å². The van der Waals surface area contributed by atoms with Crippen molar-refractivity contribution in [3.05, 3.63) is 0 Å². The van der Waals surface area contributed by atoms with Crippen molar-refractivity contribution in [2.24, 2.45) is 0 Å². The van der Waals surface area contributed by atoms with Gasteiger partial charge < -0.3 is 29.0 Å². The molecule has 0 unspecified atom stereocenters. The predicted octanol–water partition coefficient (Wildman–Crippen LogP) is 0.623. The third kappa shape index (κ3) is 11.9. The normalized spacial score (nSPS) is 16.0. The molecule has 1 rings (SSSR count). The van der Waals surface area contributed by atoms with Gasteiger partial charge in [-0.1, -0.05) is 6.42 Å². The first-order chi connectivity index (χ1) is 10.8. The maximum absolute atomic E-state index is 10.2. The molecule has 0 atom stereocenters. The Kier molecular flexibility index (Phi) is 12.2. The van der Waals surface area contributed by atoms with Crippen LogP contribution in [0.5, 0.6) is 0 Å². The average molecular weight is 319 g/mol. The molecule has 130 valence electrons. The fourth-order valence-corrected chi connectivity index (χ4v) is 2.20. The van der Waals surface area contributed by atoms with Gasteiger partial charge in [-0.2, -0.15) is 0 Å². The van der Waals surface area contributed by atoms with Gasteiger partial charge in [0.05, 0.1) is 46.2 Å². The molecule has 7 heteroatoms. The average Bonchev–Trinajstić information content (AvgIpc) is 2.52. The summed E-state index contributed by atoms with van der Waals surface area (Å²) in [7, 11) is 0. The lowest BCUT2D eigenvalue weighted by atomic mass is 10.1. The van der Waals surface area contributed by atoms with E-state index in [9.17, 15) is 4.79 Å². The van der Waals surface area contributed by atoms with Crippen LogP contribution in [0.25, 0.3) is 0 Å². The summed E-state index contributed by atoms with van der Waals surface area (Å²) in [6, 6.07) is 0. The molecule has 1 N–H and O–H groups in total. The first-order valence-electron chi connectivity index (χ1n) is 8.04. The van der Waals surface area contributed by atoms with Gasteiger partial charge >= 0.3 is 5.97 Å². The van der Waals surface area contributed by atoms with Gasteiger partial charge in [0.15, 0.2) is 0 Å². The number of carbonyl (C=O) groups is 1. The van der Waals surface area contributed by atoms with Gasteiger partial charge in [-0.3, -0.25) is 0 Å². The van der Waals surface area contributed by atoms with E-state index in [-0.39, 0.29) is 13.2 Å². The molecule has 0 aromatic carbocycles. The van der Waals surface area contributed by atoms with Gasteiger partial charge in [0, 0.05) is 6.54 Å². The summed E-state index contributed by atoms with van der Waals surface area (Å²) in [6.45, 7) is 6.72. The van der Waals surface area contributed by atoms with Crippen LogP contribution >= 0.6 is 0 Å². The number of ether oxygens (including phenoxy) is 4. The molecule has 0 amide bonds. The fraction of sp³-hybridized carbons (Fsp3) is 0.933. The Morgan fingerprint density at radius 2 is 1.27 bits per heavy atom. The molecule has 1 heterocycles. The van der Waals surface area contributed by atoms with Crippen LogP contribution in [-0.2, 0) is 23.7 Å². The number of hydrogen-bond donors (Lipinski definition) is 1. The van der Waals surface area contributed by atoms with Crippen LogP contribution in [0.2, 0.25) is 0 Å². The molecule has 0 aromatic heterocycles. The molecule has 1 fully saturated rings. The molecular formula is C15H29NO6. The van der Waals surface area contributed by atoms with Crippen LogP contribution in [-0.4, -0.2) is 88.5 Å². The maximum Gasteiger partial charge on any atom is 0.329 e. The summed E-state index contributed by atoms with van der Waals surface area (Å²) in [4.78, 5) is 12.6. The monoisotopic (exact) mass is 319 g/mol. The number of nitrogens with zero attached hydrogens (tertiary/aromatic N) is 1.